The summed E-state index contributed by atoms with van der Waals surface area (Å²) < 4.78 is 15.3. The fraction of sp³-hybridized carbons (Fsp3) is 0.214. The molecular weight excluding hydrogens is 431 g/mol. The molecule has 0 atom stereocenters. The van der Waals surface area contributed by atoms with Crippen LogP contribution in [0.1, 0.15) is 59.5 Å². The minimum atomic E-state index is -0.633. The first-order valence-electron chi connectivity index (χ1n) is 11.6. The Morgan fingerprint density at radius 2 is 1.62 bits per heavy atom. The number of aromatic hydroxyl groups is 1. The van der Waals surface area contributed by atoms with E-state index in [9.17, 15) is 19.1 Å². The van der Waals surface area contributed by atoms with Gasteiger partial charge in [-0.2, -0.15) is 0 Å². The Balaban J connectivity index is 1.48. The molecule has 6 heteroatoms. The van der Waals surface area contributed by atoms with Crippen LogP contribution in [0, 0.1) is 5.82 Å². The number of rotatable bonds is 4. The number of ketones is 1. The fourth-order valence-corrected chi connectivity index (χ4v) is 4.88. The highest BCUT2D eigenvalue weighted by Crippen LogP contribution is 2.34. The molecule has 1 heterocycles. The lowest BCUT2D eigenvalue weighted by Gasteiger charge is -2.22. The maximum atomic E-state index is 14.3. The van der Waals surface area contributed by atoms with Gasteiger partial charge in [0.1, 0.15) is 5.82 Å². The number of carbonyl (C=O) groups excluding carboxylic acids is 2. The van der Waals surface area contributed by atoms with Crippen molar-refractivity contribution in [1.82, 2.24) is 4.57 Å². The van der Waals surface area contributed by atoms with E-state index in [4.69, 9.17) is 0 Å². The molecule has 172 valence electrons. The van der Waals surface area contributed by atoms with Crippen LogP contribution >= 0.6 is 0 Å². The second-order valence-electron chi connectivity index (χ2n) is 8.81. The average molecular weight is 457 g/mol. The van der Waals surface area contributed by atoms with Crippen LogP contribution in [-0.2, 0) is 0 Å². The molecule has 0 unspecified atom stereocenters. The summed E-state index contributed by atoms with van der Waals surface area (Å²) >= 11 is 0. The third-order valence-corrected chi connectivity index (χ3v) is 6.56. The van der Waals surface area contributed by atoms with Crippen LogP contribution in [0.4, 0.5) is 14.9 Å². The average Bonchev–Trinajstić information content (AvgIpc) is 3.20. The van der Waals surface area contributed by atoms with Crippen molar-refractivity contribution in [3.05, 3.63) is 95.3 Å². The zero-order chi connectivity index (χ0) is 23.7. The molecule has 2 N–H and O–H groups in total. The van der Waals surface area contributed by atoms with Crippen molar-refractivity contribution in [1.29, 1.82) is 0 Å². The molecule has 1 amide bonds. The second kappa shape index (κ2) is 9.14. The van der Waals surface area contributed by atoms with Gasteiger partial charge in [-0.25, -0.2) is 13.8 Å². The number of aromatic nitrogens is 1. The minimum absolute atomic E-state index is 0.00398. The van der Waals surface area contributed by atoms with Crippen LogP contribution in [-0.4, -0.2) is 21.5 Å². The summed E-state index contributed by atoms with van der Waals surface area (Å²) in [5, 5.41) is 13.6. The van der Waals surface area contributed by atoms with Crippen molar-refractivity contribution in [2.24, 2.45) is 0 Å². The Bertz CT molecular complexity index is 1350. The molecule has 1 fully saturated rings. The number of nitrogens with one attached hydrogen (secondary N) is 1. The summed E-state index contributed by atoms with van der Waals surface area (Å²) in [4.78, 5) is 26.3. The van der Waals surface area contributed by atoms with Crippen molar-refractivity contribution >= 4 is 28.4 Å². The third kappa shape index (κ3) is 4.19. The summed E-state index contributed by atoms with van der Waals surface area (Å²) in [6.07, 6.45) is 6.15. The normalized spacial score (nSPS) is 14.3. The number of fused-ring (bicyclic) bond motifs is 1. The first-order valence-corrected chi connectivity index (χ1v) is 11.6. The van der Waals surface area contributed by atoms with E-state index in [0.717, 1.165) is 10.6 Å². The molecule has 0 aliphatic heterocycles. The number of carbonyl (C=O) groups is 2. The molecule has 3 aromatic carbocycles. The standard InChI is InChI=1S/C28H25FN2O3/c29-22-15-21-16-25(32)31(26(21)24(17-22)27(33)20-9-5-2-6-10-20)28(34)30-23-13-11-19(12-14-23)18-7-3-1-4-8-18/h2,5-6,9-18,32H,1,3-4,7-8H2,(H,30,34). The van der Waals surface area contributed by atoms with E-state index in [1.165, 1.54) is 49.8 Å². The van der Waals surface area contributed by atoms with Gasteiger partial charge in [-0.3, -0.25) is 4.79 Å². The largest absolute Gasteiger partial charge is 0.494 e. The highest BCUT2D eigenvalue weighted by molar-refractivity contribution is 6.17. The van der Waals surface area contributed by atoms with Gasteiger partial charge < -0.3 is 10.4 Å². The lowest BCUT2D eigenvalue weighted by molar-refractivity contribution is 0.103. The van der Waals surface area contributed by atoms with E-state index >= 15 is 0 Å². The summed E-state index contributed by atoms with van der Waals surface area (Å²) in [6.45, 7) is 0. The van der Waals surface area contributed by atoms with E-state index < -0.39 is 17.6 Å². The molecule has 4 aromatic rings. The van der Waals surface area contributed by atoms with Crippen LogP contribution in [0.2, 0.25) is 0 Å². The SMILES string of the molecule is O=C(c1ccccc1)c1cc(F)cc2cc(O)n(C(=O)Nc3ccc(C4CCCCC4)cc3)c12. The maximum absolute atomic E-state index is 14.3. The quantitative estimate of drug-likeness (QED) is 0.330. The molecule has 1 aliphatic rings. The van der Waals surface area contributed by atoms with Crippen LogP contribution in [0.25, 0.3) is 10.9 Å². The highest BCUT2D eigenvalue weighted by Gasteiger charge is 2.23. The van der Waals surface area contributed by atoms with Crippen LogP contribution in [0.15, 0.2) is 72.8 Å². The molecule has 34 heavy (non-hydrogen) atoms. The summed E-state index contributed by atoms with van der Waals surface area (Å²) in [5.74, 6) is -0.881. The van der Waals surface area contributed by atoms with Gasteiger partial charge in [-0.1, -0.05) is 61.7 Å². The van der Waals surface area contributed by atoms with Gasteiger partial charge in [-0.05, 0) is 48.6 Å². The van der Waals surface area contributed by atoms with Crippen LogP contribution in [0.3, 0.4) is 0 Å². The number of anilines is 1. The Morgan fingerprint density at radius 3 is 2.32 bits per heavy atom. The van der Waals surface area contributed by atoms with Gasteiger partial charge >= 0.3 is 6.03 Å². The summed E-state index contributed by atoms with van der Waals surface area (Å²) in [6, 6.07) is 19.1. The topological polar surface area (TPSA) is 71.3 Å². The van der Waals surface area contributed by atoms with Crippen molar-refractivity contribution < 1.29 is 19.1 Å². The summed E-state index contributed by atoms with van der Waals surface area (Å²) in [5.41, 5.74) is 2.36. The number of hydrogen-bond acceptors (Lipinski definition) is 3. The monoisotopic (exact) mass is 456 g/mol. The van der Waals surface area contributed by atoms with Crippen molar-refractivity contribution in [3.8, 4) is 5.88 Å². The Labute approximate surface area is 196 Å². The van der Waals surface area contributed by atoms with E-state index in [-0.39, 0.29) is 22.3 Å². The van der Waals surface area contributed by atoms with E-state index in [2.05, 4.69) is 5.32 Å². The van der Waals surface area contributed by atoms with Crippen molar-refractivity contribution in [3.63, 3.8) is 0 Å². The van der Waals surface area contributed by atoms with Gasteiger partial charge in [0.2, 0.25) is 0 Å². The van der Waals surface area contributed by atoms with Crippen LogP contribution in [0.5, 0.6) is 5.88 Å². The minimum Gasteiger partial charge on any atom is -0.494 e. The molecule has 1 aromatic heterocycles. The van der Waals surface area contributed by atoms with Gasteiger partial charge in [0.05, 0.1) is 11.1 Å². The number of halogens is 1. The van der Waals surface area contributed by atoms with Crippen molar-refractivity contribution in [2.45, 2.75) is 38.0 Å². The summed E-state index contributed by atoms with van der Waals surface area (Å²) in [7, 11) is 0. The fourth-order valence-electron chi connectivity index (χ4n) is 4.88. The zero-order valence-electron chi connectivity index (χ0n) is 18.6. The number of hydrogen-bond donors (Lipinski definition) is 2. The predicted octanol–water partition coefficient (Wildman–Crippen LogP) is 6.84. The Hall–Kier alpha value is -3.93. The predicted molar refractivity (Wildman–Crippen MR) is 130 cm³/mol. The molecule has 1 saturated carbocycles. The van der Waals surface area contributed by atoms with E-state index in [1.54, 1.807) is 30.3 Å². The third-order valence-electron chi connectivity index (χ3n) is 6.56. The molecule has 5 rings (SSSR count). The molecule has 0 saturated heterocycles. The number of amides is 1. The lowest BCUT2D eigenvalue weighted by Crippen LogP contribution is -2.20. The van der Waals surface area contributed by atoms with Crippen molar-refractivity contribution in [2.75, 3.05) is 5.32 Å². The molecule has 5 nitrogen and oxygen atoms in total. The smallest absolute Gasteiger partial charge is 0.333 e. The number of benzene rings is 3. The maximum Gasteiger partial charge on any atom is 0.333 e. The van der Waals surface area contributed by atoms with Crippen LogP contribution < -0.4 is 5.32 Å². The first kappa shape index (κ1) is 21.9. The molecule has 1 aliphatic carbocycles. The number of nitrogens with zero attached hydrogens (tertiary/aromatic N) is 1. The Morgan fingerprint density at radius 1 is 0.912 bits per heavy atom. The van der Waals surface area contributed by atoms with Gasteiger partial charge in [0.25, 0.3) is 0 Å². The highest BCUT2D eigenvalue weighted by atomic mass is 19.1. The molecular formula is C28H25FN2O3. The Kier molecular flexibility index (Phi) is 5.88. The molecule has 0 bridgehead atoms. The van der Waals surface area contributed by atoms with Gasteiger partial charge in [0, 0.05) is 22.7 Å². The van der Waals surface area contributed by atoms with Gasteiger partial charge in [0.15, 0.2) is 11.7 Å². The molecule has 0 radical (unpaired) electrons. The van der Waals surface area contributed by atoms with Gasteiger partial charge in [-0.15, -0.1) is 0 Å². The zero-order valence-corrected chi connectivity index (χ0v) is 18.6. The lowest BCUT2D eigenvalue weighted by atomic mass is 9.84. The second-order valence-corrected chi connectivity index (χ2v) is 8.81. The van der Waals surface area contributed by atoms with E-state index in [0.29, 0.717) is 17.2 Å². The van der Waals surface area contributed by atoms with E-state index in [1.807, 2.05) is 24.3 Å². The molecule has 0 spiro atoms. The first-order chi connectivity index (χ1) is 16.5.